The summed E-state index contributed by atoms with van der Waals surface area (Å²) in [4.78, 5) is 13.1. The standard InChI is InChI=1S/C15H21FN2O2/c1-10(19)12-7-4-8-13(16)15(12)18(9-14(17)20)11-5-2-3-6-11/h4,7-8,10-11,19H,2-3,5-6,9H2,1H3,(H2,17,20). The molecule has 0 spiro atoms. The van der Waals surface area contributed by atoms with Crippen molar-refractivity contribution >= 4 is 11.6 Å². The summed E-state index contributed by atoms with van der Waals surface area (Å²) in [5.41, 5.74) is 6.12. The Morgan fingerprint density at radius 2 is 2.15 bits per heavy atom. The Morgan fingerprint density at radius 1 is 1.50 bits per heavy atom. The Hall–Kier alpha value is -1.62. The number of aliphatic hydroxyl groups is 1. The quantitative estimate of drug-likeness (QED) is 0.868. The minimum atomic E-state index is -0.794. The molecule has 5 heteroatoms. The highest BCUT2D eigenvalue weighted by atomic mass is 19.1. The lowest BCUT2D eigenvalue weighted by molar-refractivity contribution is -0.116. The first-order valence-electron chi connectivity index (χ1n) is 7.02. The van der Waals surface area contributed by atoms with E-state index in [1.54, 1.807) is 24.0 Å². The van der Waals surface area contributed by atoms with Gasteiger partial charge in [0.05, 0.1) is 18.3 Å². The van der Waals surface area contributed by atoms with Gasteiger partial charge in [-0.1, -0.05) is 25.0 Å². The second kappa shape index (κ2) is 6.22. The molecule has 1 aromatic rings. The molecule has 110 valence electrons. The van der Waals surface area contributed by atoms with Crippen LogP contribution in [0.15, 0.2) is 18.2 Å². The minimum absolute atomic E-state index is 0.0225. The largest absolute Gasteiger partial charge is 0.389 e. The highest BCUT2D eigenvalue weighted by Crippen LogP contribution is 2.34. The molecule has 0 radical (unpaired) electrons. The van der Waals surface area contributed by atoms with E-state index in [4.69, 9.17) is 5.73 Å². The number of halogens is 1. The number of benzene rings is 1. The van der Waals surface area contributed by atoms with Gasteiger partial charge in [0, 0.05) is 11.6 Å². The maximum absolute atomic E-state index is 14.3. The van der Waals surface area contributed by atoms with Gasteiger partial charge in [0.25, 0.3) is 0 Å². The summed E-state index contributed by atoms with van der Waals surface area (Å²) in [6, 6.07) is 4.71. The lowest BCUT2D eigenvalue weighted by atomic mass is 10.0. The Balaban J connectivity index is 2.44. The van der Waals surface area contributed by atoms with Gasteiger partial charge in [-0.15, -0.1) is 0 Å². The molecule has 1 aliphatic rings. The number of anilines is 1. The number of para-hydroxylation sites is 1. The molecule has 1 aliphatic carbocycles. The molecule has 0 saturated heterocycles. The monoisotopic (exact) mass is 280 g/mol. The first kappa shape index (κ1) is 14.8. The van der Waals surface area contributed by atoms with Crippen LogP contribution in [0.4, 0.5) is 10.1 Å². The highest BCUT2D eigenvalue weighted by Gasteiger charge is 2.28. The molecule has 0 heterocycles. The summed E-state index contributed by atoms with van der Waals surface area (Å²) in [5, 5.41) is 9.85. The van der Waals surface area contributed by atoms with Gasteiger partial charge in [-0.2, -0.15) is 0 Å². The van der Waals surface area contributed by atoms with Crippen molar-refractivity contribution < 1.29 is 14.3 Å². The first-order valence-corrected chi connectivity index (χ1v) is 7.02. The Bertz CT molecular complexity index is 485. The number of aliphatic hydroxyl groups excluding tert-OH is 1. The summed E-state index contributed by atoms with van der Waals surface area (Å²) in [6.07, 6.45) is 3.18. The minimum Gasteiger partial charge on any atom is -0.389 e. The molecule has 2 rings (SSSR count). The lowest BCUT2D eigenvalue weighted by Gasteiger charge is -2.32. The van der Waals surface area contributed by atoms with Crippen molar-refractivity contribution in [2.24, 2.45) is 5.73 Å². The zero-order chi connectivity index (χ0) is 14.7. The predicted molar refractivity (Wildman–Crippen MR) is 75.8 cm³/mol. The van der Waals surface area contributed by atoms with E-state index in [0.29, 0.717) is 11.3 Å². The number of primary amides is 1. The third-order valence-corrected chi connectivity index (χ3v) is 3.85. The van der Waals surface area contributed by atoms with Gasteiger partial charge in [0.15, 0.2) is 0 Å². The van der Waals surface area contributed by atoms with Crippen molar-refractivity contribution in [3.05, 3.63) is 29.6 Å². The fourth-order valence-corrected chi connectivity index (χ4v) is 2.95. The van der Waals surface area contributed by atoms with Gasteiger partial charge < -0.3 is 15.7 Å². The molecule has 1 fully saturated rings. The van der Waals surface area contributed by atoms with Gasteiger partial charge in [-0.3, -0.25) is 4.79 Å². The third kappa shape index (κ3) is 3.10. The molecule has 1 saturated carbocycles. The number of carbonyl (C=O) groups is 1. The molecule has 4 nitrogen and oxygen atoms in total. The van der Waals surface area contributed by atoms with Gasteiger partial charge >= 0.3 is 0 Å². The van der Waals surface area contributed by atoms with Gasteiger partial charge in [-0.25, -0.2) is 4.39 Å². The van der Waals surface area contributed by atoms with E-state index in [9.17, 15) is 14.3 Å². The predicted octanol–water partition coefficient (Wildman–Crippen LogP) is 2.11. The average molecular weight is 280 g/mol. The molecule has 0 bridgehead atoms. The zero-order valence-corrected chi connectivity index (χ0v) is 11.7. The van der Waals surface area contributed by atoms with Crippen molar-refractivity contribution in [3.63, 3.8) is 0 Å². The molecule has 0 aromatic heterocycles. The number of rotatable bonds is 5. The third-order valence-electron chi connectivity index (χ3n) is 3.85. The molecule has 1 aromatic carbocycles. The second-order valence-electron chi connectivity index (χ2n) is 5.39. The lowest BCUT2D eigenvalue weighted by Crippen LogP contribution is -2.41. The van der Waals surface area contributed by atoms with E-state index in [1.807, 2.05) is 0 Å². The fraction of sp³-hybridized carbons (Fsp3) is 0.533. The topological polar surface area (TPSA) is 66.6 Å². The SMILES string of the molecule is CC(O)c1cccc(F)c1N(CC(N)=O)C1CCCC1. The van der Waals surface area contributed by atoms with Crippen molar-refractivity contribution in [1.82, 2.24) is 0 Å². The molecule has 1 atom stereocenters. The fourth-order valence-electron chi connectivity index (χ4n) is 2.95. The van der Waals surface area contributed by atoms with Crippen LogP contribution in [-0.2, 0) is 4.79 Å². The van der Waals surface area contributed by atoms with E-state index < -0.39 is 17.8 Å². The number of nitrogens with two attached hydrogens (primary N) is 1. The Labute approximate surface area is 118 Å². The molecular weight excluding hydrogens is 259 g/mol. The van der Waals surface area contributed by atoms with Crippen LogP contribution in [0.2, 0.25) is 0 Å². The zero-order valence-electron chi connectivity index (χ0n) is 11.7. The van der Waals surface area contributed by atoms with Gasteiger partial charge in [0.2, 0.25) is 5.91 Å². The number of amides is 1. The van der Waals surface area contributed by atoms with E-state index >= 15 is 0 Å². The van der Waals surface area contributed by atoms with Crippen molar-refractivity contribution in [2.45, 2.75) is 44.8 Å². The van der Waals surface area contributed by atoms with Crippen LogP contribution >= 0.6 is 0 Å². The van der Waals surface area contributed by atoms with Gasteiger partial charge in [-0.05, 0) is 25.8 Å². The molecular formula is C15H21FN2O2. The van der Waals surface area contributed by atoms with Crippen LogP contribution in [-0.4, -0.2) is 23.6 Å². The summed E-state index contributed by atoms with van der Waals surface area (Å²) < 4.78 is 14.3. The molecule has 1 unspecified atom stereocenters. The molecule has 0 aliphatic heterocycles. The summed E-state index contributed by atoms with van der Waals surface area (Å²) in [5.74, 6) is -0.909. The van der Waals surface area contributed by atoms with Crippen LogP contribution in [0.25, 0.3) is 0 Å². The Morgan fingerprint density at radius 3 is 2.70 bits per heavy atom. The van der Waals surface area contributed by atoms with Crippen molar-refractivity contribution in [2.75, 3.05) is 11.4 Å². The van der Waals surface area contributed by atoms with Crippen molar-refractivity contribution in [3.8, 4) is 0 Å². The Kier molecular flexibility index (Phi) is 4.60. The van der Waals surface area contributed by atoms with Gasteiger partial charge in [0.1, 0.15) is 5.82 Å². The molecule has 3 N–H and O–H groups in total. The summed E-state index contributed by atoms with van der Waals surface area (Å²) >= 11 is 0. The van der Waals surface area contributed by atoms with E-state index in [1.165, 1.54) is 6.07 Å². The molecule has 20 heavy (non-hydrogen) atoms. The van der Waals surface area contributed by atoms with Crippen LogP contribution in [0.3, 0.4) is 0 Å². The van der Waals surface area contributed by atoms with Crippen LogP contribution in [0.5, 0.6) is 0 Å². The van der Waals surface area contributed by atoms with E-state index in [-0.39, 0.29) is 12.6 Å². The van der Waals surface area contributed by atoms with Crippen LogP contribution < -0.4 is 10.6 Å². The van der Waals surface area contributed by atoms with Crippen LogP contribution in [0, 0.1) is 5.82 Å². The number of hydrogen-bond donors (Lipinski definition) is 2. The summed E-state index contributed by atoms with van der Waals surface area (Å²) in [7, 11) is 0. The highest BCUT2D eigenvalue weighted by molar-refractivity contribution is 5.80. The number of nitrogens with zero attached hydrogens (tertiary/aromatic N) is 1. The van der Waals surface area contributed by atoms with E-state index in [0.717, 1.165) is 25.7 Å². The maximum atomic E-state index is 14.3. The second-order valence-corrected chi connectivity index (χ2v) is 5.39. The number of carbonyl (C=O) groups excluding carboxylic acids is 1. The normalized spacial score (nSPS) is 17.1. The van der Waals surface area contributed by atoms with E-state index in [2.05, 4.69) is 0 Å². The first-order chi connectivity index (χ1) is 9.50. The summed E-state index contributed by atoms with van der Waals surface area (Å²) in [6.45, 7) is 1.57. The smallest absolute Gasteiger partial charge is 0.236 e. The number of hydrogen-bond acceptors (Lipinski definition) is 3. The van der Waals surface area contributed by atoms with Crippen molar-refractivity contribution in [1.29, 1.82) is 0 Å². The average Bonchev–Trinajstić information content (AvgIpc) is 2.89. The maximum Gasteiger partial charge on any atom is 0.236 e. The molecule has 1 amide bonds. The van der Waals surface area contributed by atoms with Crippen LogP contribution in [0.1, 0.15) is 44.3 Å².